The van der Waals surface area contributed by atoms with Gasteiger partial charge in [-0.05, 0) is 42.7 Å². The summed E-state index contributed by atoms with van der Waals surface area (Å²) in [6.45, 7) is 6.01. The van der Waals surface area contributed by atoms with Gasteiger partial charge in [0.2, 0.25) is 0 Å². The van der Waals surface area contributed by atoms with Gasteiger partial charge in [-0.25, -0.2) is 4.98 Å². The minimum absolute atomic E-state index is 0.838. The molecule has 138 valence electrons. The zero-order valence-electron chi connectivity index (χ0n) is 16.0. The first-order valence-corrected chi connectivity index (χ1v) is 9.74. The molecule has 3 heterocycles. The molecule has 0 atom stereocenters. The highest BCUT2D eigenvalue weighted by Crippen LogP contribution is 2.39. The topological polar surface area (TPSA) is 30.4 Å². The minimum Gasteiger partial charge on any atom is -0.455 e. The van der Waals surface area contributed by atoms with Crippen LogP contribution in [0, 0.1) is 0 Å². The molecule has 0 saturated carbocycles. The zero-order chi connectivity index (χ0) is 19.5. The van der Waals surface area contributed by atoms with Crippen LogP contribution in [0.3, 0.4) is 0 Å². The fourth-order valence-electron chi connectivity index (χ4n) is 4.47. The number of allylic oxidation sites excluding steroid dienone is 1. The number of hydrogen-bond donors (Lipinski definition) is 0. The van der Waals surface area contributed by atoms with E-state index in [4.69, 9.17) is 9.40 Å². The highest BCUT2D eigenvalue weighted by atomic mass is 16.3. The van der Waals surface area contributed by atoms with Crippen LogP contribution >= 0.6 is 0 Å². The van der Waals surface area contributed by atoms with Crippen LogP contribution in [0.4, 0.5) is 0 Å². The number of nitrogens with zero attached hydrogens (tertiary/aromatic N) is 2. The highest BCUT2D eigenvalue weighted by molar-refractivity contribution is 6.22. The maximum Gasteiger partial charge on any atom is 0.146 e. The largest absolute Gasteiger partial charge is 0.455 e. The summed E-state index contributed by atoms with van der Waals surface area (Å²) in [6.07, 6.45) is 5.86. The van der Waals surface area contributed by atoms with Gasteiger partial charge in [0.15, 0.2) is 0 Å². The Morgan fingerprint density at radius 2 is 1.69 bits per heavy atom. The van der Waals surface area contributed by atoms with Crippen molar-refractivity contribution in [2.75, 3.05) is 0 Å². The molecule has 29 heavy (non-hydrogen) atoms. The molecule has 0 aliphatic heterocycles. The maximum absolute atomic E-state index is 6.40. The van der Waals surface area contributed by atoms with Crippen LogP contribution in [0.1, 0.15) is 18.2 Å². The summed E-state index contributed by atoms with van der Waals surface area (Å²) in [5, 5.41) is 4.45. The zero-order valence-corrected chi connectivity index (χ0v) is 16.0. The van der Waals surface area contributed by atoms with Crippen LogP contribution < -0.4 is 0 Å². The Bertz CT molecular complexity index is 1630. The smallest absolute Gasteiger partial charge is 0.146 e. The molecule has 6 rings (SSSR count). The molecule has 0 spiro atoms. The Morgan fingerprint density at radius 1 is 0.897 bits per heavy atom. The fraction of sp³-hybridized carbons (Fsp3) is 0.0385. The van der Waals surface area contributed by atoms with E-state index in [0.717, 1.165) is 60.6 Å². The Labute approximate surface area is 167 Å². The Morgan fingerprint density at radius 3 is 2.52 bits per heavy atom. The van der Waals surface area contributed by atoms with E-state index in [9.17, 15) is 0 Å². The molecule has 0 amide bonds. The molecule has 3 aromatic heterocycles. The number of fused-ring (bicyclic) bond motifs is 10. The van der Waals surface area contributed by atoms with Crippen molar-refractivity contribution in [1.29, 1.82) is 0 Å². The third-order valence-electron chi connectivity index (χ3n) is 5.66. The quantitative estimate of drug-likeness (QED) is 0.300. The van der Waals surface area contributed by atoms with E-state index in [-0.39, 0.29) is 0 Å². The van der Waals surface area contributed by atoms with Gasteiger partial charge in [-0.2, -0.15) is 0 Å². The molecule has 3 heteroatoms. The van der Waals surface area contributed by atoms with E-state index < -0.39 is 0 Å². The molecule has 0 N–H and O–H groups in total. The Kier molecular flexibility index (Phi) is 3.24. The number of benzene rings is 3. The monoisotopic (exact) mass is 374 g/mol. The van der Waals surface area contributed by atoms with E-state index in [0.29, 0.717) is 0 Å². The van der Waals surface area contributed by atoms with Crippen molar-refractivity contribution < 1.29 is 4.42 Å². The third kappa shape index (κ3) is 2.04. The minimum atomic E-state index is 0.838. The lowest BCUT2D eigenvalue weighted by molar-refractivity contribution is 0.606. The molecule has 0 aliphatic rings. The van der Waals surface area contributed by atoms with Crippen molar-refractivity contribution >= 4 is 61.5 Å². The van der Waals surface area contributed by atoms with Gasteiger partial charge in [-0.15, -0.1) is 0 Å². The average Bonchev–Trinajstić information content (AvgIpc) is 3.32. The number of hydrogen-bond acceptors (Lipinski definition) is 2. The second-order valence-corrected chi connectivity index (χ2v) is 7.23. The molecule has 3 nitrogen and oxygen atoms in total. The van der Waals surface area contributed by atoms with Crippen LogP contribution in [0.25, 0.3) is 61.5 Å². The maximum atomic E-state index is 6.40. The van der Waals surface area contributed by atoms with Gasteiger partial charge in [-0.1, -0.05) is 55.1 Å². The Balaban J connectivity index is 1.97. The third-order valence-corrected chi connectivity index (χ3v) is 5.66. The number of rotatable bonds is 2. The second kappa shape index (κ2) is 5.82. The van der Waals surface area contributed by atoms with E-state index in [2.05, 4.69) is 65.6 Å². The molecule has 0 bridgehead atoms. The van der Waals surface area contributed by atoms with Gasteiger partial charge in [-0.3, -0.25) is 4.40 Å². The summed E-state index contributed by atoms with van der Waals surface area (Å²) in [7, 11) is 0. The molecular weight excluding hydrogens is 356 g/mol. The van der Waals surface area contributed by atoms with Crippen LogP contribution in [0.5, 0.6) is 0 Å². The summed E-state index contributed by atoms with van der Waals surface area (Å²) in [5.41, 5.74) is 6.07. The van der Waals surface area contributed by atoms with E-state index >= 15 is 0 Å². The lowest BCUT2D eigenvalue weighted by Gasteiger charge is -2.09. The normalized spacial score (nSPS) is 12.3. The van der Waals surface area contributed by atoms with E-state index in [1.807, 2.05) is 31.2 Å². The van der Waals surface area contributed by atoms with Crippen molar-refractivity contribution in [3.63, 3.8) is 0 Å². The summed E-state index contributed by atoms with van der Waals surface area (Å²) in [6, 6.07) is 21.0. The van der Waals surface area contributed by atoms with E-state index in [1.54, 1.807) is 0 Å². The lowest BCUT2D eigenvalue weighted by Crippen LogP contribution is -1.91. The first kappa shape index (κ1) is 16.1. The fourth-order valence-corrected chi connectivity index (χ4v) is 4.47. The first-order valence-electron chi connectivity index (χ1n) is 9.74. The van der Waals surface area contributed by atoms with Gasteiger partial charge in [0, 0.05) is 21.7 Å². The van der Waals surface area contributed by atoms with E-state index in [1.165, 1.54) is 0 Å². The van der Waals surface area contributed by atoms with Crippen LogP contribution in [-0.4, -0.2) is 9.38 Å². The van der Waals surface area contributed by atoms with Crippen molar-refractivity contribution in [2.24, 2.45) is 0 Å². The van der Waals surface area contributed by atoms with Gasteiger partial charge in [0.25, 0.3) is 0 Å². The summed E-state index contributed by atoms with van der Waals surface area (Å²) >= 11 is 0. The molecular formula is C26H18N2O. The van der Waals surface area contributed by atoms with Crippen LogP contribution in [0.15, 0.2) is 77.7 Å². The summed E-state index contributed by atoms with van der Waals surface area (Å²) in [5.74, 6) is 0.838. The van der Waals surface area contributed by atoms with Crippen molar-refractivity contribution in [3.05, 3.63) is 84.6 Å². The van der Waals surface area contributed by atoms with Gasteiger partial charge < -0.3 is 4.42 Å². The molecule has 3 aromatic carbocycles. The first-order chi connectivity index (χ1) is 14.3. The van der Waals surface area contributed by atoms with Crippen LogP contribution in [-0.2, 0) is 0 Å². The highest BCUT2D eigenvalue weighted by Gasteiger charge is 2.19. The SMILES string of the molecule is C=Cc1c(/C=C\C)oc2c1ccc1c2c2ccccc2c2nc3ccccc3n12. The predicted octanol–water partition coefficient (Wildman–Crippen LogP) is 7.22. The molecule has 0 aliphatic carbocycles. The van der Waals surface area contributed by atoms with Crippen molar-refractivity contribution in [1.82, 2.24) is 9.38 Å². The van der Waals surface area contributed by atoms with Crippen LogP contribution in [0.2, 0.25) is 0 Å². The number of imidazole rings is 1. The Hall–Kier alpha value is -3.85. The van der Waals surface area contributed by atoms with Gasteiger partial charge >= 0.3 is 0 Å². The van der Waals surface area contributed by atoms with Crippen molar-refractivity contribution in [2.45, 2.75) is 6.92 Å². The summed E-state index contributed by atoms with van der Waals surface area (Å²) in [4.78, 5) is 4.95. The average molecular weight is 374 g/mol. The van der Waals surface area contributed by atoms with Gasteiger partial charge in [0.1, 0.15) is 17.0 Å². The molecule has 6 aromatic rings. The number of pyridine rings is 1. The number of para-hydroxylation sites is 2. The molecule has 0 saturated heterocycles. The standard InChI is InChI=1S/C26H18N2O/c1-3-9-23-16(4-2)18-14-15-22-24(25(18)29-23)17-10-5-6-11-19(17)26-27-20-12-7-8-13-21(20)28(22)26/h3-15H,2H2,1H3/b9-3-. The predicted molar refractivity (Wildman–Crippen MR) is 122 cm³/mol. The molecule has 0 unspecified atom stereocenters. The lowest BCUT2D eigenvalue weighted by atomic mass is 10.0. The summed E-state index contributed by atoms with van der Waals surface area (Å²) < 4.78 is 8.65. The second-order valence-electron chi connectivity index (χ2n) is 7.23. The van der Waals surface area contributed by atoms with Crippen molar-refractivity contribution in [3.8, 4) is 0 Å². The molecule has 0 fully saturated rings. The molecule has 0 radical (unpaired) electrons. The van der Waals surface area contributed by atoms with Gasteiger partial charge in [0.05, 0.1) is 16.6 Å². The number of aromatic nitrogens is 2. The number of furan rings is 1.